The zero-order valence-corrected chi connectivity index (χ0v) is 15.8. The van der Waals surface area contributed by atoms with E-state index >= 15 is 0 Å². The first-order valence-corrected chi connectivity index (χ1v) is 9.01. The van der Waals surface area contributed by atoms with Crippen LogP contribution in [0.3, 0.4) is 0 Å². The number of benzene rings is 2. The summed E-state index contributed by atoms with van der Waals surface area (Å²) in [6.45, 7) is 2.35. The Hall–Kier alpha value is -2.67. The van der Waals surface area contributed by atoms with Crippen molar-refractivity contribution in [2.75, 3.05) is 6.61 Å². The number of carbonyl (C=O) groups is 2. The summed E-state index contributed by atoms with van der Waals surface area (Å²) in [7, 11) is 0. The van der Waals surface area contributed by atoms with Crippen LogP contribution in [-0.2, 0) is 22.6 Å². The number of hydrogen-bond acceptors (Lipinski definition) is 4. The van der Waals surface area contributed by atoms with Crippen molar-refractivity contribution in [3.63, 3.8) is 0 Å². The fraction of sp³-hybridized carbons (Fsp3) is 0.211. The quantitative estimate of drug-likeness (QED) is 0.626. The SMILES string of the molecule is CCOC(=O)Cn1c(CNC(=O)c2cccc(Br)c2)nc2ccccc21. The van der Waals surface area contributed by atoms with E-state index in [1.165, 1.54) is 0 Å². The minimum Gasteiger partial charge on any atom is -0.465 e. The molecule has 1 N–H and O–H groups in total. The predicted octanol–water partition coefficient (Wildman–Crippen LogP) is 3.29. The summed E-state index contributed by atoms with van der Waals surface area (Å²) in [5, 5.41) is 2.85. The average Bonchev–Trinajstić information content (AvgIpc) is 2.97. The Morgan fingerprint density at radius 1 is 1.19 bits per heavy atom. The van der Waals surface area contributed by atoms with Crippen LogP contribution in [0.1, 0.15) is 23.1 Å². The van der Waals surface area contributed by atoms with Crippen LogP contribution in [-0.4, -0.2) is 28.0 Å². The summed E-state index contributed by atoms with van der Waals surface area (Å²) < 4.78 is 7.65. The van der Waals surface area contributed by atoms with E-state index in [0.29, 0.717) is 18.0 Å². The third kappa shape index (κ3) is 4.11. The molecule has 6 nitrogen and oxygen atoms in total. The molecule has 2 aromatic carbocycles. The van der Waals surface area contributed by atoms with Gasteiger partial charge in [0.1, 0.15) is 12.4 Å². The van der Waals surface area contributed by atoms with Gasteiger partial charge in [0.05, 0.1) is 24.2 Å². The van der Waals surface area contributed by atoms with Crippen molar-refractivity contribution in [3.05, 3.63) is 64.4 Å². The van der Waals surface area contributed by atoms with Gasteiger partial charge in [-0.15, -0.1) is 0 Å². The molecule has 0 spiro atoms. The van der Waals surface area contributed by atoms with Crippen molar-refractivity contribution in [2.45, 2.75) is 20.0 Å². The van der Waals surface area contributed by atoms with Gasteiger partial charge in [0.25, 0.3) is 5.91 Å². The van der Waals surface area contributed by atoms with Crippen LogP contribution in [0, 0.1) is 0 Å². The molecule has 3 aromatic rings. The Bertz CT molecular complexity index is 952. The third-order valence-corrected chi connectivity index (χ3v) is 4.31. The second-order valence-corrected chi connectivity index (χ2v) is 6.52. The van der Waals surface area contributed by atoms with E-state index in [1.807, 2.05) is 30.3 Å². The number of imidazole rings is 1. The summed E-state index contributed by atoms with van der Waals surface area (Å²) in [5.41, 5.74) is 2.14. The van der Waals surface area contributed by atoms with Gasteiger partial charge in [-0.2, -0.15) is 0 Å². The molecule has 0 aliphatic rings. The Kier molecular flexibility index (Phi) is 5.68. The number of rotatable bonds is 6. The van der Waals surface area contributed by atoms with Gasteiger partial charge in [0.2, 0.25) is 0 Å². The van der Waals surface area contributed by atoms with Crippen LogP contribution in [0.4, 0.5) is 0 Å². The van der Waals surface area contributed by atoms with Crippen LogP contribution in [0.15, 0.2) is 53.0 Å². The highest BCUT2D eigenvalue weighted by atomic mass is 79.9. The molecule has 0 unspecified atom stereocenters. The molecule has 134 valence electrons. The molecule has 0 bridgehead atoms. The Balaban J connectivity index is 1.82. The molecular formula is C19H18BrN3O3. The predicted molar refractivity (Wildman–Crippen MR) is 102 cm³/mol. The van der Waals surface area contributed by atoms with Crippen molar-refractivity contribution < 1.29 is 14.3 Å². The lowest BCUT2D eigenvalue weighted by Gasteiger charge is -2.10. The van der Waals surface area contributed by atoms with Gasteiger partial charge >= 0.3 is 5.97 Å². The zero-order valence-electron chi connectivity index (χ0n) is 14.2. The van der Waals surface area contributed by atoms with E-state index in [1.54, 1.807) is 29.7 Å². The summed E-state index contributed by atoms with van der Waals surface area (Å²) in [4.78, 5) is 28.8. The number of fused-ring (bicyclic) bond motifs is 1. The van der Waals surface area contributed by atoms with E-state index in [4.69, 9.17) is 4.74 Å². The molecule has 1 amide bonds. The summed E-state index contributed by atoms with van der Waals surface area (Å²) in [6, 6.07) is 14.7. The largest absolute Gasteiger partial charge is 0.465 e. The molecule has 1 heterocycles. The first kappa shape index (κ1) is 18.1. The van der Waals surface area contributed by atoms with Crippen LogP contribution < -0.4 is 5.32 Å². The van der Waals surface area contributed by atoms with E-state index < -0.39 is 0 Å². The minimum absolute atomic E-state index is 0.0520. The smallest absolute Gasteiger partial charge is 0.326 e. The highest BCUT2D eigenvalue weighted by Gasteiger charge is 2.15. The molecule has 0 saturated carbocycles. The molecule has 0 aliphatic carbocycles. The summed E-state index contributed by atoms with van der Waals surface area (Å²) in [5.74, 6) is 0.0545. The van der Waals surface area contributed by atoms with Crippen molar-refractivity contribution in [1.82, 2.24) is 14.9 Å². The third-order valence-electron chi connectivity index (χ3n) is 3.82. The van der Waals surface area contributed by atoms with Crippen molar-refractivity contribution >= 4 is 38.8 Å². The first-order chi connectivity index (χ1) is 12.6. The maximum Gasteiger partial charge on any atom is 0.326 e. The van der Waals surface area contributed by atoms with Crippen molar-refractivity contribution in [3.8, 4) is 0 Å². The van der Waals surface area contributed by atoms with Crippen LogP contribution >= 0.6 is 15.9 Å². The Labute approximate surface area is 159 Å². The van der Waals surface area contributed by atoms with Crippen LogP contribution in [0.5, 0.6) is 0 Å². The van der Waals surface area contributed by atoms with E-state index in [2.05, 4.69) is 26.2 Å². The molecule has 0 atom stereocenters. The number of halogens is 1. The van der Waals surface area contributed by atoms with Gasteiger partial charge in [-0.05, 0) is 37.3 Å². The monoisotopic (exact) mass is 415 g/mol. The second kappa shape index (κ2) is 8.14. The lowest BCUT2D eigenvalue weighted by molar-refractivity contribution is -0.143. The highest BCUT2D eigenvalue weighted by Crippen LogP contribution is 2.17. The van der Waals surface area contributed by atoms with Gasteiger partial charge in [0, 0.05) is 10.0 Å². The summed E-state index contributed by atoms with van der Waals surface area (Å²) in [6.07, 6.45) is 0. The average molecular weight is 416 g/mol. The molecular weight excluding hydrogens is 398 g/mol. The highest BCUT2D eigenvalue weighted by molar-refractivity contribution is 9.10. The molecule has 3 rings (SSSR count). The number of para-hydroxylation sites is 2. The number of carbonyl (C=O) groups excluding carboxylic acids is 2. The lowest BCUT2D eigenvalue weighted by Crippen LogP contribution is -2.25. The lowest BCUT2D eigenvalue weighted by atomic mass is 10.2. The molecule has 0 saturated heterocycles. The first-order valence-electron chi connectivity index (χ1n) is 8.22. The van der Waals surface area contributed by atoms with Gasteiger partial charge in [-0.3, -0.25) is 9.59 Å². The second-order valence-electron chi connectivity index (χ2n) is 5.60. The van der Waals surface area contributed by atoms with Crippen LogP contribution in [0.25, 0.3) is 11.0 Å². The molecule has 0 fully saturated rings. The number of amides is 1. The van der Waals surface area contributed by atoms with Gasteiger partial charge in [-0.25, -0.2) is 4.98 Å². The fourth-order valence-electron chi connectivity index (χ4n) is 2.66. The number of ether oxygens (including phenoxy) is 1. The maximum absolute atomic E-state index is 12.4. The van der Waals surface area contributed by atoms with E-state index in [0.717, 1.165) is 15.5 Å². The number of nitrogens with one attached hydrogen (secondary N) is 1. The van der Waals surface area contributed by atoms with Gasteiger partial charge < -0.3 is 14.6 Å². The molecule has 0 aliphatic heterocycles. The Morgan fingerprint density at radius 3 is 2.77 bits per heavy atom. The minimum atomic E-state index is -0.338. The van der Waals surface area contributed by atoms with Gasteiger partial charge in [0.15, 0.2) is 0 Å². The fourth-order valence-corrected chi connectivity index (χ4v) is 3.06. The standard InChI is InChI=1S/C19H18BrN3O3/c1-2-26-18(24)12-23-16-9-4-3-8-15(16)22-17(23)11-21-19(25)13-6-5-7-14(20)10-13/h3-10H,2,11-12H2,1H3,(H,21,25). The number of esters is 1. The van der Waals surface area contributed by atoms with Gasteiger partial charge in [-0.1, -0.05) is 34.1 Å². The summed E-state index contributed by atoms with van der Waals surface area (Å²) >= 11 is 3.36. The zero-order chi connectivity index (χ0) is 18.5. The molecule has 7 heteroatoms. The van der Waals surface area contributed by atoms with Crippen molar-refractivity contribution in [1.29, 1.82) is 0 Å². The Morgan fingerprint density at radius 2 is 2.00 bits per heavy atom. The van der Waals surface area contributed by atoms with E-state index in [-0.39, 0.29) is 25.0 Å². The maximum atomic E-state index is 12.4. The number of hydrogen-bond donors (Lipinski definition) is 1. The molecule has 1 aromatic heterocycles. The molecule has 26 heavy (non-hydrogen) atoms. The van der Waals surface area contributed by atoms with E-state index in [9.17, 15) is 9.59 Å². The van der Waals surface area contributed by atoms with Crippen LogP contribution in [0.2, 0.25) is 0 Å². The topological polar surface area (TPSA) is 73.2 Å². The normalized spacial score (nSPS) is 10.7. The number of aromatic nitrogens is 2. The van der Waals surface area contributed by atoms with Crippen molar-refractivity contribution in [2.24, 2.45) is 0 Å². The molecule has 0 radical (unpaired) electrons. The number of nitrogens with zero attached hydrogens (tertiary/aromatic N) is 2.